The summed E-state index contributed by atoms with van der Waals surface area (Å²) < 4.78 is 0. The first kappa shape index (κ1) is 15.2. The molecule has 7 heteroatoms. The highest BCUT2D eigenvalue weighted by Crippen LogP contribution is 2.02. The molecule has 0 aliphatic heterocycles. The summed E-state index contributed by atoms with van der Waals surface area (Å²) in [5.74, 6) is -2.28. The van der Waals surface area contributed by atoms with Gasteiger partial charge in [0, 0.05) is 6.54 Å². The number of aliphatic carboxylic acids is 1. The number of carbonyl (C=O) groups excluding carboxylic acids is 2. The molecule has 0 aromatic rings. The summed E-state index contributed by atoms with van der Waals surface area (Å²) in [4.78, 5) is 33.0. The van der Waals surface area contributed by atoms with Gasteiger partial charge in [0.15, 0.2) is 0 Å². The third-order valence-corrected chi connectivity index (χ3v) is 2.39. The zero-order valence-corrected chi connectivity index (χ0v) is 10.2. The lowest BCUT2D eigenvalue weighted by molar-refractivity contribution is -0.141. The van der Waals surface area contributed by atoms with Gasteiger partial charge in [0.25, 0.3) is 0 Å². The number of amides is 3. The maximum atomic E-state index is 11.4. The molecule has 7 nitrogen and oxygen atoms in total. The number of nitrogens with one attached hydrogen (secondary N) is 2. The summed E-state index contributed by atoms with van der Waals surface area (Å²) in [7, 11) is 0. The van der Waals surface area contributed by atoms with Crippen LogP contribution in [0.5, 0.6) is 0 Å². The van der Waals surface area contributed by atoms with E-state index in [9.17, 15) is 14.4 Å². The molecule has 3 amide bonds. The summed E-state index contributed by atoms with van der Waals surface area (Å²) in [6, 6.07) is -0.617. The average Bonchev–Trinajstić information content (AvgIpc) is 2.16. The molecule has 0 rings (SSSR count). The van der Waals surface area contributed by atoms with Crippen molar-refractivity contribution in [3.05, 3.63) is 0 Å². The largest absolute Gasteiger partial charge is 0.481 e. The van der Waals surface area contributed by atoms with Crippen molar-refractivity contribution in [1.82, 2.24) is 10.6 Å². The van der Waals surface area contributed by atoms with Crippen LogP contribution in [-0.2, 0) is 9.59 Å². The molecular formula is C10H19N3O4. The van der Waals surface area contributed by atoms with Gasteiger partial charge in [-0.15, -0.1) is 0 Å². The third kappa shape index (κ3) is 5.19. The van der Waals surface area contributed by atoms with Gasteiger partial charge >= 0.3 is 12.0 Å². The highest BCUT2D eigenvalue weighted by molar-refractivity contribution is 5.89. The van der Waals surface area contributed by atoms with Crippen molar-refractivity contribution >= 4 is 17.9 Å². The van der Waals surface area contributed by atoms with Gasteiger partial charge in [-0.1, -0.05) is 6.92 Å². The first-order valence-electron chi connectivity index (χ1n) is 5.29. The first-order valence-corrected chi connectivity index (χ1v) is 5.29. The number of primary amides is 1. The summed E-state index contributed by atoms with van der Waals surface area (Å²) in [6.07, 6.45) is 0.412. The quantitative estimate of drug-likeness (QED) is 0.511. The summed E-state index contributed by atoms with van der Waals surface area (Å²) in [5, 5.41) is 13.5. The standard InChI is InChI=1S/C10H19N3O4/c1-4-6(7(14)15)5-12-9(17)13-10(2,3)8(11)16/h6H,4-5H2,1-3H3,(H2,11,16)(H,14,15)(H2,12,13,17). The molecule has 0 aromatic carbocycles. The predicted octanol–water partition coefficient (Wildman–Crippen LogP) is -0.340. The lowest BCUT2D eigenvalue weighted by atomic mass is 10.1. The van der Waals surface area contributed by atoms with Crippen molar-refractivity contribution in [3.63, 3.8) is 0 Å². The van der Waals surface area contributed by atoms with Gasteiger partial charge in [0.2, 0.25) is 5.91 Å². The molecule has 0 fully saturated rings. The maximum absolute atomic E-state index is 11.4. The predicted molar refractivity (Wildman–Crippen MR) is 61.2 cm³/mol. The van der Waals surface area contributed by atoms with E-state index in [1.165, 1.54) is 13.8 Å². The first-order chi connectivity index (χ1) is 7.70. The second kappa shape index (κ2) is 6.07. The molecule has 0 aliphatic carbocycles. The van der Waals surface area contributed by atoms with Crippen LogP contribution in [0.15, 0.2) is 0 Å². The van der Waals surface area contributed by atoms with E-state index in [4.69, 9.17) is 10.8 Å². The van der Waals surface area contributed by atoms with Crippen molar-refractivity contribution in [2.45, 2.75) is 32.7 Å². The second-order valence-corrected chi connectivity index (χ2v) is 4.27. The van der Waals surface area contributed by atoms with Crippen molar-refractivity contribution < 1.29 is 19.5 Å². The smallest absolute Gasteiger partial charge is 0.315 e. The SMILES string of the molecule is CCC(CNC(=O)NC(C)(C)C(N)=O)C(=O)O. The fourth-order valence-corrected chi connectivity index (χ4v) is 1.01. The molecule has 0 saturated carbocycles. The van der Waals surface area contributed by atoms with Crippen LogP contribution in [0.2, 0.25) is 0 Å². The summed E-state index contributed by atoms with van der Waals surface area (Å²) >= 11 is 0. The minimum Gasteiger partial charge on any atom is -0.481 e. The Kier molecular flexibility index (Phi) is 5.43. The highest BCUT2D eigenvalue weighted by atomic mass is 16.4. The van der Waals surface area contributed by atoms with Crippen LogP contribution in [0.4, 0.5) is 4.79 Å². The molecule has 0 saturated heterocycles. The van der Waals surface area contributed by atoms with Crippen LogP contribution in [0.1, 0.15) is 27.2 Å². The lowest BCUT2D eigenvalue weighted by Crippen LogP contribution is -2.56. The Morgan fingerprint density at radius 2 is 1.88 bits per heavy atom. The Balaban J connectivity index is 4.20. The van der Waals surface area contributed by atoms with Gasteiger partial charge in [-0.05, 0) is 20.3 Å². The highest BCUT2D eigenvalue weighted by Gasteiger charge is 2.27. The minimum absolute atomic E-state index is 0.00646. The Bertz CT molecular complexity index is 315. The Morgan fingerprint density at radius 1 is 1.35 bits per heavy atom. The third-order valence-electron chi connectivity index (χ3n) is 2.39. The van der Waals surface area contributed by atoms with Gasteiger partial charge in [0.1, 0.15) is 5.54 Å². The second-order valence-electron chi connectivity index (χ2n) is 4.27. The van der Waals surface area contributed by atoms with Crippen LogP contribution in [0.3, 0.4) is 0 Å². The Labute approximate surface area is 99.7 Å². The molecule has 1 atom stereocenters. The molecule has 0 radical (unpaired) electrons. The van der Waals surface area contributed by atoms with Crippen LogP contribution < -0.4 is 16.4 Å². The van der Waals surface area contributed by atoms with E-state index in [1.54, 1.807) is 6.92 Å². The van der Waals surface area contributed by atoms with E-state index >= 15 is 0 Å². The fourth-order valence-electron chi connectivity index (χ4n) is 1.01. The fraction of sp³-hybridized carbons (Fsp3) is 0.700. The number of carbonyl (C=O) groups is 3. The zero-order valence-electron chi connectivity index (χ0n) is 10.2. The van der Waals surface area contributed by atoms with E-state index in [1.807, 2.05) is 0 Å². The van der Waals surface area contributed by atoms with E-state index in [0.717, 1.165) is 0 Å². The van der Waals surface area contributed by atoms with Crippen LogP contribution in [0, 0.1) is 5.92 Å². The van der Waals surface area contributed by atoms with E-state index in [0.29, 0.717) is 6.42 Å². The number of carboxylic acids is 1. The molecule has 0 spiro atoms. The van der Waals surface area contributed by atoms with Crippen LogP contribution in [0.25, 0.3) is 0 Å². The van der Waals surface area contributed by atoms with Crippen molar-refractivity contribution in [3.8, 4) is 0 Å². The van der Waals surface area contributed by atoms with E-state index in [2.05, 4.69) is 10.6 Å². The van der Waals surface area contributed by atoms with Gasteiger partial charge in [-0.3, -0.25) is 9.59 Å². The minimum atomic E-state index is -1.17. The normalized spacial score (nSPS) is 12.6. The van der Waals surface area contributed by atoms with Crippen LogP contribution >= 0.6 is 0 Å². The van der Waals surface area contributed by atoms with Crippen LogP contribution in [-0.4, -0.2) is 35.1 Å². The molecule has 0 bridgehead atoms. The van der Waals surface area contributed by atoms with Gasteiger partial charge in [0.05, 0.1) is 5.92 Å². The van der Waals surface area contributed by atoms with Crippen molar-refractivity contribution in [2.24, 2.45) is 11.7 Å². The monoisotopic (exact) mass is 245 g/mol. The number of nitrogens with two attached hydrogens (primary N) is 1. The van der Waals surface area contributed by atoms with Gasteiger partial charge in [-0.25, -0.2) is 4.79 Å². The summed E-state index contributed by atoms with van der Waals surface area (Å²) in [6.45, 7) is 4.64. The van der Waals surface area contributed by atoms with E-state index < -0.39 is 29.4 Å². The van der Waals surface area contributed by atoms with Crippen molar-refractivity contribution in [1.29, 1.82) is 0 Å². The molecule has 0 heterocycles. The number of hydrogen-bond acceptors (Lipinski definition) is 3. The molecule has 0 aliphatic rings. The molecule has 0 aromatic heterocycles. The maximum Gasteiger partial charge on any atom is 0.315 e. The topological polar surface area (TPSA) is 122 Å². The van der Waals surface area contributed by atoms with Crippen molar-refractivity contribution in [2.75, 3.05) is 6.54 Å². The Hall–Kier alpha value is -1.79. The number of carboxylic acid groups (broad SMARTS) is 1. The Morgan fingerprint density at radius 3 is 2.24 bits per heavy atom. The van der Waals surface area contributed by atoms with Gasteiger partial charge in [-0.2, -0.15) is 0 Å². The summed E-state index contributed by atoms with van der Waals surface area (Å²) in [5.41, 5.74) is 3.90. The number of hydrogen-bond donors (Lipinski definition) is 4. The zero-order chi connectivity index (χ0) is 13.6. The molecule has 5 N–H and O–H groups in total. The average molecular weight is 245 g/mol. The molecule has 17 heavy (non-hydrogen) atoms. The number of rotatable bonds is 6. The lowest BCUT2D eigenvalue weighted by Gasteiger charge is -2.22. The van der Waals surface area contributed by atoms with Gasteiger partial charge < -0.3 is 21.5 Å². The number of urea groups is 1. The van der Waals surface area contributed by atoms with E-state index in [-0.39, 0.29) is 6.54 Å². The molecule has 98 valence electrons. The molecule has 1 unspecified atom stereocenters. The molecular weight excluding hydrogens is 226 g/mol.